The minimum absolute atomic E-state index is 0.161. The molecule has 0 bridgehead atoms. The van der Waals surface area contributed by atoms with Crippen LogP contribution in [0.1, 0.15) is 12.5 Å². The van der Waals surface area contributed by atoms with Gasteiger partial charge in [0.25, 0.3) is 0 Å². The fraction of sp³-hybridized carbons (Fsp3) is 0.500. The van der Waals surface area contributed by atoms with E-state index in [9.17, 15) is 9.90 Å². The fourth-order valence-corrected chi connectivity index (χ4v) is 2.40. The molecule has 0 spiro atoms. The molecule has 0 radical (unpaired) electrons. The normalized spacial score (nSPS) is 14.2. The van der Waals surface area contributed by atoms with Gasteiger partial charge in [0.1, 0.15) is 0 Å². The molecule has 1 aromatic carbocycles. The number of halogens is 2. The van der Waals surface area contributed by atoms with Gasteiger partial charge >= 0.3 is 0 Å². The van der Waals surface area contributed by atoms with Crippen molar-refractivity contribution in [2.75, 3.05) is 27.2 Å². The lowest BCUT2D eigenvalue weighted by Crippen LogP contribution is -2.47. The zero-order chi connectivity index (χ0) is 15.3. The number of hydrogen-bond acceptors (Lipinski definition) is 3. The summed E-state index contributed by atoms with van der Waals surface area (Å²) < 4.78 is 0. The van der Waals surface area contributed by atoms with Crippen molar-refractivity contribution in [1.29, 1.82) is 0 Å². The maximum Gasteiger partial charge on any atom is 0.224 e. The molecule has 2 N–H and O–H groups in total. The quantitative estimate of drug-likeness (QED) is 0.843. The van der Waals surface area contributed by atoms with Crippen LogP contribution in [0, 0.1) is 0 Å². The molecule has 0 aromatic heterocycles. The zero-order valence-electron chi connectivity index (χ0n) is 11.9. The Morgan fingerprint density at radius 2 is 2.05 bits per heavy atom. The smallest absolute Gasteiger partial charge is 0.224 e. The topological polar surface area (TPSA) is 52.6 Å². The number of benzene rings is 1. The first kappa shape index (κ1) is 17.2. The van der Waals surface area contributed by atoms with E-state index >= 15 is 0 Å². The van der Waals surface area contributed by atoms with Gasteiger partial charge in [-0.05, 0) is 38.7 Å². The van der Waals surface area contributed by atoms with E-state index in [1.54, 1.807) is 25.1 Å². The van der Waals surface area contributed by atoms with Crippen LogP contribution in [0.25, 0.3) is 0 Å². The standard InChI is InChI=1S/C14H20Cl2N2O2/c1-14(20,9-18(2)3)8-17-13(19)6-10-4-5-11(15)7-12(10)16/h4-5,7,20H,6,8-9H2,1-3H3,(H,17,19). The van der Waals surface area contributed by atoms with Crippen molar-refractivity contribution >= 4 is 29.1 Å². The summed E-state index contributed by atoms with van der Waals surface area (Å²) in [6, 6.07) is 5.02. The van der Waals surface area contributed by atoms with E-state index in [1.165, 1.54) is 0 Å². The molecule has 1 atom stereocenters. The van der Waals surface area contributed by atoms with Crippen LogP contribution in [0.15, 0.2) is 18.2 Å². The van der Waals surface area contributed by atoms with E-state index in [-0.39, 0.29) is 18.9 Å². The Kier molecular flexibility index (Phi) is 6.27. The number of carbonyl (C=O) groups excluding carboxylic acids is 1. The van der Waals surface area contributed by atoms with Gasteiger partial charge in [-0.25, -0.2) is 0 Å². The first-order chi connectivity index (χ1) is 9.19. The number of nitrogens with zero attached hydrogens (tertiary/aromatic N) is 1. The predicted octanol–water partition coefficient (Wildman–Crippen LogP) is 1.96. The van der Waals surface area contributed by atoms with Gasteiger partial charge in [-0.1, -0.05) is 29.3 Å². The van der Waals surface area contributed by atoms with Gasteiger partial charge < -0.3 is 15.3 Å². The molecule has 1 aromatic rings. The molecule has 4 nitrogen and oxygen atoms in total. The molecule has 0 saturated heterocycles. The Morgan fingerprint density at radius 3 is 2.60 bits per heavy atom. The Balaban J connectivity index is 2.52. The number of rotatable bonds is 6. The van der Waals surface area contributed by atoms with Crippen molar-refractivity contribution in [2.45, 2.75) is 18.9 Å². The molecule has 0 saturated carbocycles. The molecule has 0 heterocycles. The molecule has 0 aliphatic carbocycles. The van der Waals surface area contributed by atoms with Crippen LogP contribution in [-0.4, -0.2) is 48.7 Å². The van der Waals surface area contributed by atoms with E-state index in [4.69, 9.17) is 23.2 Å². The number of nitrogens with one attached hydrogen (secondary N) is 1. The van der Waals surface area contributed by atoms with Crippen LogP contribution >= 0.6 is 23.2 Å². The van der Waals surface area contributed by atoms with E-state index in [0.717, 1.165) is 0 Å². The molecule has 112 valence electrons. The molecule has 0 aliphatic heterocycles. The maximum absolute atomic E-state index is 11.9. The van der Waals surface area contributed by atoms with Crippen molar-refractivity contribution < 1.29 is 9.90 Å². The SMILES string of the molecule is CN(C)CC(C)(O)CNC(=O)Cc1ccc(Cl)cc1Cl. The average Bonchev–Trinajstić information content (AvgIpc) is 2.29. The summed E-state index contributed by atoms with van der Waals surface area (Å²) in [5, 5.41) is 13.8. The van der Waals surface area contributed by atoms with Crippen LogP contribution in [0.3, 0.4) is 0 Å². The van der Waals surface area contributed by atoms with Crippen LogP contribution in [-0.2, 0) is 11.2 Å². The van der Waals surface area contributed by atoms with E-state index in [1.807, 2.05) is 19.0 Å². The monoisotopic (exact) mass is 318 g/mol. The molecule has 1 amide bonds. The van der Waals surface area contributed by atoms with Crippen LogP contribution < -0.4 is 5.32 Å². The molecule has 1 unspecified atom stereocenters. The largest absolute Gasteiger partial charge is 0.387 e. The summed E-state index contributed by atoms with van der Waals surface area (Å²) in [5.41, 5.74) is -0.260. The zero-order valence-corrected chi connectivity index (χ0v) is 13.4. The second kappa shape index (κ2) is 7.27. The fourth-order valence-electron chi connectivity index (χ4n) is 1.93. The third-order valence-corrected chi connectivity index (χ3v) is 3.28. The van der Waals surface area contributed by atoms with Gasteiger partial charge in [0, 0.05) is 23.1 Å². The number of likely N-dealkylation sites (N-methyl/N-ethyl adjacent to an activating group) is 1. The third-order valence-electron chi connectivity index (χ3n) is 2.69. The van der Waals surface area contributed by atoms with Gasteiger partial charge in [-0.3, -0.25) is 4.79 Å². The van der Waals surface area contributed by atoms with Gasteiger partial charge in [-0.15, -0.1) is 0 Å². The second-order valence-electron chi connectivity index (χ2n) is 5.42. The highest BCUT2D eigenvalue weighted by Crippen LogP contribution is 2.21. The van der Waals surface area contributed by atoms with E-state index in [2.05, 4.69) is 5.32 Å². The van der Waals surface area contributed by atoms with Crippen LogP contribution in [0.4, 0.5) is 0 Å². The second-order valence-corrected chi connectivity index (χ2v) is 6.27. The lowest BCUT2D eigenvalue weighted by molar-refractivity contribution is -0.121. The molecule has 1 rings (SSSR count). The average molecular weight is 319 g/mol. The van der Waals surface area contributed by atoms with Gasteiger partial charge in [0.05, 0.1) is 12.0 Å². The maximum atomic E-state index is 11.9. The Morgan fingerprint density at radius 1 is 1.40 bits per heavy atom. The molecular formula is C14H20Cl2N2O2. The third kappa shape index (κ3) is 6.09. The summed E-state index contributed by atoms with van der Waals surface area (Å²) >= 11 is 11.8. The summed E-state index contributed by atoms with van der Waals surface area (Å²) in [6.45, 7) is 2.34. The molecule has 6 heteroatoms. The number of hydrogen-bond donors (Lipinski definition) is 2. The van der Waals surface area contributed by atoms with Gasteiger partial charge in [0.2, 0.25) is 5.91 Å². The molecular weight excluding hydrogens is 299 g/mol. The summed E-state index contributed by atoms with van der Waals surface area (Å²) in [4.78, 5) is 13.7. The van der Waals surface area contributed by atoms with Crippen LogP contribution in [0.5, 0.6) is 0 Å². The van der Waals surface area contributed by atoms with Crippen molar-refractivity contribution in [1.82, 2.24) is 10.2 Å². The lowest BCUT2D eigenvalue weighted by atomic mass is 10.1. The highest BCUT2D eigenvalue weighted by Gasteiger charge is 2.22. The summed E-state index contributed by atoms with van der Waals surface area (Å²) in [7, 11) is 3.73. The van der Waals surface area contributed by atoms with Crippen molar-refractivity contribution in [3.63, 3.8) is 0 Å². The highest BCUT2D eigenvalue weighted by atomic mass is 35.5. The minimum atomic E-state index is -0.969. The highest BCUT2D eigenvalue weighted by molar-refractivity contribution is 6.35. The van der Waals surface area contributed by atoms with Crippen LogP contribution in [0.2, 0.25) is 10.0 Å². The molecule has 0 fully saturated rings. The Labute approximate surface area is 129 Å². The van der Waals surface area contributed by atoms with E-state index < -0.39 is 5.60 Å². The molecule has 0 aliphatic rings. The summed E-state index contributed by atoms with van der Waals surface area (Å²) in [6.07, 6.45) is 0.161. The Hall–Kier alpha value is -0.810. The first-order valence-electron chi connectivity index (χ1n) is 6.27. The number of aliphatic hydroxyl groups is 1. The Bertz CT molecular complexity index is 476. The molecule has 20 heavy (non-hydrogen) atoms. The van der Waals surface area contributed by atoms with E-state index in [0.29, 0.717) is 22.2 Å². The van der Waals surface area contributed by atoms with Crippen molar-refractivity contribution in [3.8, 4) is 0 Å². The first-order valence-corrected chi connectivity index (χ1v) is 7.03. The lowest BCUT2D eigenvalue weighted by Gasteiger charge is -2.27. The predicted molar refractivity (Wildman–Crippen MR) is 82.4 cm³/mol. The summed E-state index contributed by atoms with van der Waals surface area (Å²) in [5.74, 6) is -0.187. The van der Waals surface area contributed by atoms with Gasteiger partial charge in [0.15, 0.2) is 0 Å². The minimum Gasteiger partial charge on any atom is -0.387 e. The number of carbonyl (C=O) groups is 1. The van der Waals surface area contributed by atoms with Gasteiger partial charge in [-0.2, -0.15) is 0 Å². The number of amides is 1. The van der Waals surface area contributed by atoms with Crippen molar-refractivity contribution in [3.05, 3.63) is 33.8 Å². The van der Waals surface area contributed by atoms with Crippen molar-refractivity contribution in [2.24, 2.45) is 0 Å².